The van der Waals surface area contributed by atoms with Gasteiger partial charge in [-0.1, -0.05) is 33.6 Å². The molecule has 2 aromatic rings. The quantitative estimate of drug-likeness (QED) is 0.635. The minimum absolute atomic E-state index is 0.320. The third-order valence-electron chi connectivity index (χ3n) is 2.93. The minimum Gasteiger partial charge on any atom is -0.271 e. The monoisotopic (exact) mass is 360 g/mol. The van der Waals surface area contributed by atoms with Gasteiger partial charge in [-0.25, -0.2) is 8.78 Å². The number of nitrogens with one attached hydrogen (secondary N) is 1. The first-order chi connectivity index (χ1) is 9.49. The molecule has 106 valence electrons. The topological polar surface area (TPSA) is 38.0 Å². The van der Waals surface area contributed by atoms with E-state index in [9.17, 15) is 8.78 Å². The Hall–Kier alpha value is -1.01. The van der Waals surface area contributed by atoms with Crippen LogP contribution in [-0.4, -0.2) is 0 Å². The van der Waals surface area contributed by atoms with E-state index in [1.165, 1.54) is 24.3 Å². The Balaban J connectivity index is 2.28. The van der Waals surface area contributed by atoms with Crippen LogP contribution in [0.15, 0.2) is 40.9 Å². The molecule has 0 radical (unpaired) electrons. The second-order valence-corrected chi connectivity index (χ2v) is 5.68. The molecule has 0 aromatic heterocycles. The zero-order valence-corrected chi connectivity index (χ0v) is 12.7. The van der Waals surface area contributed by atoms with Gasteiger partial charge in [-0.2, -0.15) is 0 Å². The molecule has 0 spiro atoms. The predicted octanol–water partition coefficient (Wildman–Crippen LogP) is 4.13. The Morgan fingerprint density at radius 2 is 1.90 bits per heavy atom. The van der Waals surface area contributed by atoms with Gasteiger partial charge in [-0.15, -0.1) is 0 Å². The maximum absolute atomic E-state index is 13.4. The molecule has 3 N–H and O–H groups in total. The van der Waals surface area contributed by atoms with E-state index in [2.05, 4.69) is 21.4 Å². The summed E-state index contributed by atoms with van der Waals surface area (Å²) in [6.45, 7) is 0. The summed E-state index contributed by atoms with van der Waals surface area (Å²) in [6, 6.07) is 8.36. The molecule has 2 aromatic carbocycles. The zero-order valence-electron chi connectivity index (χ0n) is 10.3. The molecule has 20 heavy (non-hydrogen) atoms. The van der Waals surface area contributed by atoms with E-state index in [0.717, 1.165) is 5.56 Å². The van der Waals surface area contributed by atoms with Gasteiger partial charge in [0.2, 0.25) is 0 Å². The van der Waals surface area contributed by atoms with Gasteiger partial charge in [-0.05, 0) is 47.9 Å². The Bertz CT molecular complexity index is 602. The summed E-state index contributed by atoms with van der Waals surface area (Å²) >= 11 is 9.22. The van der Waals surface area contributed by atoms with Crippen LogP contribution in [0.4, 0.5) is 8.78 Å². The fourth-order valence-electron chi connectivity index (χ4n) is 1.96. The first-order valence-corrected chi connectivity index (χ1v) is 7.02. The van der Waals surface area contributed by atoms with Gasteiger partial charge >= 0.3 is 0 Å². The van der Waals surface area contributed by atoms with Crippen LogP contribution in [0.25, 0.3) is 0 Å². The van der Waals surface area contributed by atoms with Gasteiger partial charge in [0, 0.05) is 9.50 Å². The molecule has 0 saturated heterocycles. The average molecular weight is 362 g/mol. The summed E-state index contributed by atoms with van der Waals surface area (Å²) in [4.78, 5) is 0. The molecule has 6 heteroatoms. The van der Waals surface area contributed by atoms with E-state index in [-0.39, 0.29) is 11.9 Å². The zero-order chi connectivity index (χ0) is 14.7. The van der Waals surface area contributed by atoms with Crippen molar-refractivity contribution >= 4 is 27.5 Å². The summed E-state index contributed by atoms with van der Waals surface area (Å²) in [5.74, 6) is 4.77. The molecule has 2 rings (SSSR count). The lowest BCUT2D eigenvalue weighted by molar-refractivity contribution is 0.543. The van der Waals surface area contributed by atoms with Crippen molar-refractivity contribution in [2.75, 3.05) is 0 Å². The maximum Gasteiger partial charge on any atom is 0.124 e. The smallest absolute Gasteiger partial charge is 0.124 e. The summed E-state index contributed by atoms with van der Waals surface area (Å²) < 4.78 is 27.1. The van der Waals surface area contributed by atoms with Gasteiger partial charge in [0.05, 0.1) is 6.04 Å². The SMILES string of the molecule is NNC(Cc1ccc(F)cc1Cl)c1cc(F)cc(Br)c1. The normalized spacial score (nSPS) is 12.4. The van der Waals surface area contributed by atoms with Gasteiger partial charge in [0.25, 0.3) is 0 Å². The molecule has 0 heterocycles. The molecule has 0 fully saturated rings. The second-order valence-electron chi connectivity index (χ2n) is 4.36. The van der Waals surface area contributed by atoms with Crippen LogP contribution in [-0.2, 0) is 6.42 Å². The summed E-state index contributed by atoms with van der Waals surface area (Å²) in [6.07, 6.45) is 0.422. The standard InChI is InChI=1S/C14H12BrClF2N2/c15-10-3-9(4-12(18)6-10)14(20-19)5-8-1-2-11(17)7-13(8)16/h1-4,6-7,14,20H,5,19H2. The fraction of sp³-hybridized carbons (Fsp3) is 0.143. The van der Waals surface area contributed by atoms with Gasteiger partial charge < -0.3 is 0 Å². The van der Waals surface area contributed by atoms with E-state index in [0.29, 0.717) is 21.5 Å². The average Bonchev–Trinajstić information content (AvgIpc) is 2.36. The highest BCUT2D eigenvalue weighted by atomic mass is 79.9. The highest BCUT2D eigenvalue weighted by Gasteiger charge is 2.14. The predicted molar refractivity (Wildman–Crippen MR) is 79.3 cm³/mol. The van der Waals surface area contributed by atoms with Crippen LogP contribution in [0.2, 0.25) is 5.02 Å². The van der Waals surface area contributed by atoms with Crippen LogP contribution in [0.1, 0.15) is 17.2 Å². The Morgan fingerprint density at radius 1 is 1.15 bits per heavy atom. The summed E-state index contributed by atoms with van der Waals surface area (Å²) in [5, 5.41) is 0.320. The Kier molecular flexibility index (Phi) is 5.10. The Morgan fingerprint density at radius 3 is 2.50 bits per heavy atom. The highest BCUT2D eigenvalue weighted by molar-refractivity contribution is 9.10. The number of hydrogen-bond donors (Lipinski definition) is 2. The van der Waals surface area contributed by atoms with E-state index < -0.39 is 5.82 Å². The van der Waals surface area contributed by atoms with Crippen LogP contribution < -0.4 is 11.3 Å². The molecule has 0 bridgehead atoms. The maximum atomic E-state index is 13.4. The van der Waals surface area contributed by atoms with E-state index in [4.69, 9.17) is 17.4 Å². The van der Waals surface area contributed by atoms with E-state index in [1.54, 1.807) is 12.1 Å². The van der Waals surface area contributed by atoms with Gasteiger partial charge in [0.1, 0.15) is 11.6 Å². The minimum atomic E-state index is -0.399. The molecule has 0 amide bonds. The van der Waals surface area contributed by atoms with Gasteiger partial charge in [0.15, 0.2) is 0 Å². The van der Waals surface area contributed by atoms with Crippen molar-refractivity contribution in [3.63, 3.8) is 0 Å². The largest absolute Gasteiger partial charge is 0.271 e. The first kappa shape index (κ1) is 15.4. The number of nitrogens with two attached hydrogens (primary N) is 1. The van der Waals surface area contributed by atoms with Crippen molar-refractivity contribution in [1.29, 1.82) is 0 Å². The molecule has 2 nitrogen and oxygen atoms in total. The van der Waals surface area contributed by atoms with Crippen molar-refractivity contribution in [2.45, 2.75) is 12.5 Å². The number of rotatable bonds is 4. The van der Waals surface area contributed by atoms with E-state index >= 15 is 0 Å². The number of hydrazine groups is 1. The molecule has 1 unspecified atom stereocenters. The number of hydrogen-bond acceptors (Lipinski definition) is 2. The lowest BCUT2D eigenvalue weighted by Crippen LogP contribution is -2.29. The van der Waals surface area contributed by atoms with Crippen LogP contribution in [0.3, 0.4) is 0 Å². The fourth-order valence-corrected chi connectivity index (χ4v) is 2.68. The molecule has 0 aliphatic carbocycles. The van der Waals surface area contributed by atoms with Crippen LogP contribution in [0.5, 0.6) is 0 Å². The number of halogens is 4. The van der Waals surface area contributed by atoms with Crippen molar-refractivity contribution in [1.82, 2.24) is 5.43 Å². The third-order valence-corrected chi connectivity index (χ3v) is 3.74. The molecular weight excluding hydrogens is 350 g/mol. The van der Waals surface area contributed by atoms with Gasteiger partial charge in [-0.3, -0.25) is 11.3 Å². The lowest BCUT2D eigenvalue weighted by atomic mass is 9.99. The molecule has 0 aliphatic heterocycles. The van der Waals surface area contributed by atoms with Crippen LogP contribution >= 0.6 is 27.5 Å². The molecule has 0 aliphatic rings. The van der Waals surface area contributed by atoms with Crippen molar-refractivity contribution in [3.8, 4) is 0 Å². The second kappa shape index (κ2) is 6.63. The van der Waals surface area contributed by atoms with Crippen molar-refractivity contribution in [3.05, 3.63) is 68.7 Å². The van der Waals surface area contributed by atoms with Crippen LogP contribution in [0, 0.1) is 11.6 Å². The lowest BCUT2D eigenvalue weighted by Gasteiger charge is -2.17. The van der Waals surface area contributed by atoms with E-state index in [1.807, 2.05) is 0 Å². The first-order valence-electron chi connectivity index (χ1n) is 5.85. The summed E-state index contributed by atoms with van der Waals surface area (Å²) in [7, 11) is 0. The highest BCUT2D eigenvalue weighted by Crippen LogP contribution is 2.26. The molecular formula is C14H12BrClF2N2. The van der Waals surface area contributed by atoms with Crippen molar-refractivity contribution < 1.29 is 8.78 Å². The molecule has 1 atom stereocenters. The summed E-state index contributed by atoms with van der Waals surface area (Å²) in [5.41, 5.74) is 4.04. The Labute approximate surface area is 129 Å². The number of benzene rings is 2. The van der Waals surface area contributed by atoms with Crippen molar-refractivity contribution in [2.24, 2.45) is 5.84 Å². The third kappa shape index (κ3) is 3.76. The molecule has 0 saturated carbocycles.